The first kappa shape index (κ1) is 12.9. The van der Waals surface area contributed by atoms with Gasteiger partial charge in [0.05, 0.1) is 12.3 Å². The molecule has 0 atom stereocenters. The number of nitrogens with zero attached hydrogens (tertiary/aromatic N) is 1. The predicted octanol–water partition coefficient (Wildman–Crippen LogP) is 2.13. The lowest BCUT2D eigenvalue weighted by Crippen LogP contribution is -2.07. The number of hydrogen-bond donors (Lipinski definition) is 0. The molecule has 82 valence electrons. The first-order valence-corrected chi connectivity index (χ1v) is 4.93. The third-order valence-corrected chi connectivity index (χ3v) is 1.74. The number of carbonyl (C=O) groups is 1. The third kappa shape index (κ3) is 7.58. The molecular formula is C10H19NO3. The molecule has 0 unspecified atom stereocenters. The number of oxime groups is 1. The van der Waals surface area contributed by atoms with Crippen LogP contribution in [0.3, 0.4) is 0 Å². The van der Waals surface area contributed by atoms with Crippen molar-refractivity contribution in [2.75, 3.05) is 13.7 Å². The molecule has 0 heterocycles. The van der Waals surface area contributed by atoms with Crippen LogP contribution < -0.4 is 0 Å². The highest BCUT2D eigenvalue weighted by Crippen LogP contribution is 2.02. The van der Waals surface area contributed by atoms with E-state index in [9.17, 15) is 4.79 Å². The Morgan fingerprint density at radius 1 is 1.36 bits per heavy atom. The molecular weight excluding hydrogens is 182 g/mol. The fourth-order valence-electron chi connectivity index (χ4n) is 1.04. The second kappa shape index (κ2) is 8.53. The average molecular weight is 201 g/mol. The molecule has 0 N–H and O–H groups in total. The summed E-state index contributed by atoms with van der Waals surface area (Å²) in [7, 11) is 1.53. The van der Waals surface area contributed by atoms with Gasteiger partial charge in [0, 0.05) is 13.3 Å². The van der Waals surface area contributed by atoms with Crippen molar-refractivity contribution in [3.8, 4) is 0 Å². The van der Waals surface area contributed by atoms with Crippen LogP contribution in [0.2, 0.25) is 0 Å². The fraction of sp³-hybridized carbons (Fsp3) is 0.800. The summed E-state index contributed by atoms with van der Waals surface area (Å²) in [4.78, 5) is 15.2. The molecule has 0 aromatic rings. The molecule has 0 spiro atoms. The van der Waals surface area contributed by atoms with E-state index in [-0.39, 0.29) is 5.97 Å². The molecule has 0 radical (unpaired) electrons. The van der Waals surface area contributed by atoms with Crippen molar-refractivity contribution in [3.05, 3.63) is 0 Å². The van der Waals surface area contributed by atoms with Gasteiger partial charge in [0.25, 0.3) is 0 Å². The van der Waals surface area contributed by atoms with E-state index < -0.39 is 0 Å². The van der Waals surface area contributed by atoms with Crippen LogP contribution in [0.25, 0.3) is 0 Å². The topological polar surface area (TPSA) is 47.9 Å². The smallest absolute Gasteiger partial charge is 0.302 e. The van der Waals surface area contributed by atoms with Gasteiger partial charge in [-0.3, -0.25) is 4.79 Å². The maximum atomic E-state index is 10.5. The van der Waals surface area contributed by atoms with Crippen LogP contribution in [-0.2, 0) is 14.4 Å². The molecule has 0 rings (SSSR count). The monoisotopic (exact) mass is 201 g/mol. The van der Waals surface area contributed by atoms with Gasteiger partial charge in [-0.1, -0.05) is 18.5 Å². The Hall–Kier alpha value is -1.06. The van der Waals surface area contributed by atoms with Gasteiger partial charge in [-0.15, -0.1) is 0 Å². The Bertz CT molecular complexity index is 190. The van der Waals surface area contributed by atoms with Crippen LogP contribution in [-0.4, -0.2) is 25.4 Å². The number of unbranched alkanes of at least 4 members (excludes halogenated alkanes) is 1. The van der Waals surface area contributed by atoms with Gasteiger partial charge < -0.3 is 9.57 Å². The number of hydrogen-bond acceptors (Lipinski definition) is 4. The summed E-state index contributed by atoms with van der Waals surface area (Å²) in [6.07, 6.45) is 3.78. The van der Waals surface area contributed by atoms with Crippen molar-refractivity contribution < 1.29 is 14.4 Å². The van der Waals surface area contributed by atoms with Gasteiger partial charge in [0.2, 0.25) is 0 Å². The van der Waals surface area contributed by atoms with Crippen LogP contribution in [0, 0.1) is 0 Å². The van der Waals surface area contributed by atoms with E-state index in [1.807, 2.05) is 0 Å². The second-order valence-electron chi connectivity index (χ2n) is 3.03. The zero-order valence-electron chi connectivity index (χ0n) is 9.21. The highest BCUT2D eigenvalue weighted by molar-refractivity contribution is 5.84. The summed E-state index contributed by atoms with van der Waals surface area (Å²) in [5.41, 5.74) is 0.954. The summed E-state index contributed by atoms with van der Waals surface area (Å²) < 4.78 is 4.82. The number of carbonyl (C=O) groups excluding carboxylic acids is 1. The zero-order valence-corrected chi connectivity index (χ0v) is 9.21. The molecule has 0 aliphatic heterocycles. The summed E-state index contributed by atoms with van der Waals surface area (Å²) in [6.45, 7) is 3.91. The van der Waals surface area contributed by atoms with Gasteiger partial charge in [-0.2, -0.15) is 0 Å². The molecule has 4 heteroatoms. The molecule has 0 aromatic carbocycles. The van der Waals surface area contributed by atoms with Crippen molar-refractivity contribution in [2.24, 2.45) is 5.16 Å². The summed E-state index contributed by atoms with van der Waals surface area (Å²) >= 11 is 0. The van der Waals surface area contributed by atoms with Crippen molar-refractivity contribution >= 4 is 11.7 Å². The Morgan fingerprint density at radius 2 is 2.07 bits per heavy atom. The van der Waals surface area contributed by atoms with Gasteiger partial charge >= 0.3 is 5.97 Å². The van der Waals surface area contributed by atoms with E-state index in [1.165, 1.54) is 14.0 Å². The van der Waals surface area contributed by atoms with Crippen LogP contribution in [0.5, 0.6) is 0 Å². The first-order chi connectivity index (χ1) is 6.70. The van der Waals surface area contributed by atoms with Gasteiger partial charge in [-0.05, 0) is 12.8 Å². The average Bonchev–Trinajstić information content (AvgIpc) is 2.13. The van der Waals surface area contributed by atoms with Gasteiger partial charge in [-0.25, -0.2) is 0 Å². The normalized spacial score (nSPS) is 11.2. The van der Waals surface area contributed by atoms with E-state index in [4.69, 9.17) is 9.57 Å². The standard InChI is InChI=1S/C10H19NO3/c1-4-5-6-10(11-13-3)7-8-14-9(2)12/h4-8H2,1-3H3/b11-10+. The lowest BCUT2D eigenvalue weighted by molar-refractivity contribution is -0.140. The van der Waals surface area contributed by atoms with Crippen molar-refractivity contribution in [3.63, 3.8) is 0 Å². The maximum absolute atomic E-state index is 10.5. The Labute approximate surface area is 85.3 Å². The van der Waals surface area contributed by atoms with E-state index in [1.54, 1.807) is 0 Å². The molecule has 0 saturated carbocycles. The molecule has 0 bridgehead atoms. The highest BCUT2D eigenvalue weighted by Gasteiger charge is 2.01. The van der Waals surface area contributed by atoms with Gasteiger partial charge in [0.1, 0.15) is 7.11 Å². The SMILES string of the molecule is CCCC/C(CCOC(C)=O)=N\OC. The minimum atomic E-state index is -0.253. The Kier molecular flexibility index (Phi) is 7.89. The van der Waals surface area contributed by atoms with Gasteiger partial charge in [0.15, 0.2) is 0 Å². The van der Waals surface area contributed by atoms with E-state index in [0.717, 1.165) is 25.0 Å². The fourth-order valence-corrected chi connectivity index (χ4v) is 1.04. The Morgan fingerprint density at radius 3 is 2.57 bits per heavy atom. The summed E-state index contributed by atoms with van der Waals surface area (Å²) in [6, 6.07) is 0. The quantitative estimate of drug-likeness (QED) is 0.360. The van der Waals surface area contributed by atoms with Crippen LogP contribution in [0.15, 0.2) is 5.16 Å². The first-order valence-electron chi connectivity index (χ1n) is 4.93. The van der Waals surface area contributed by atoms with Crippen molar-refractivity contribution in [2.45, 2.75) is 39.5 Å². The predicted molar refractivity (Wildman–Crippen MR) is 55.2 cm³/mol. The molecule has 0 saturated heterocycles. The molecule has 0 amide bonds. The molecule has 0 aromatic heterocycles. The van der Waals surface area contributed by atoms with Crippen LogP contribution in [0.1, 0.15) is 39.5 Å². The number of esters is 1. The lowest BCUT2D eigenvalue weighted by Gasteiger charge is -2.04. The van der Waals surface area contributed by atoms with Crippen molar-refractivity contribution in [1.29, 1.82) is 0 Å². The molecule has 4 nitrogen and oxygen atoms in total. The summed E-state index contributed by atoms with van der Waals surface area (Å²) in [5.74, 6) is -0.253. The summed E-state index contributed by atoms with van der Waals surface area (Å²) in [5, 5.41) is 3.88. The maximum Gasteiger partial charge on any atom is 0.302 e. The third-order valence-electron chi connectivity index (χ3n) is 1.74. The van der Waals surface area contributed by atoms with E-state index >= 15 is 0 Å². The zero-order chi connectivity index (χ0) is 10.8. The number of ether oxygens (including phenoxy) is 1. The minimum Gasteiger partial charge on any atom is -0.465 e. The molecule has 0 aliphatic carbocycles. The van der Waals surface area contributed by atoms with E-state index in [2.05, 4.69) is 12.1 Å². The minimum absolute atomic E-state index is 0.253. The second-order valence-corrected chi connectivity index (χ2v) is 3.03. The highest BCUT2D eigenvalue weighted by atomic mass is 16.6. The van der Waals surface area contributed by atoms with E-state index in [0.29, 0.717) is 13.0 Å². The largest absolute Gasteiger partial charge is 0.465 e. The molecule has 14 heavy (non-hydrogen) atoms. The van der Waals surface area contributed by atoms with Crippen molar-refractivity contribution in [1.82, 2.24) is 0 Å². The van der Waals surface area contributed by atoms with Crippen LogP contribution >= 0.6 is 0 Å². The van der Waals surface area contributed by atoms with Crippen LogP contribution in [0.4, 0.5) is 0 Å². The molecule has 0 aliphatic rings. The lowest BCUT2D eigenvalue weighted by atomic mass is 10.1. The number of rotatable bonds is 7. The Balaban J connectivity index is 3.73. The molecule has 0 fully saturated rings.